The number of ketones is 1. The van der Waals surface area contributed by atoms with Crippen molar-refractivity contribution in [1.29, 1.82) is 0 Å². The van der Waals surface area contributed by atoms with E-state index >= 15 is 0 Å². The van der Waals surface area contributed by atoms with Gasteiger partial charge in [0, 0.05) is 11.5 Å². The lowest BCUT2D eigenvalue weighted by Gasteiger charge is -2.39. The SMILES string of the molecule is Cc1cc2c(c(C)c1CCO[C@@H]1OC(CO)[C@@H](O)[C@H](O)C1O)C(=O)[C@H](C)C2. The van der Waals surface area contributed by atoms with Gasteiger partial charge in [-0.05, 0) is 48.9 Å². The van der Waals surface area contributed by atoms with Crippen LogP contribution in [0.5, 0.6) is 0 Å². The quantitative estimate of drug-likeness (QED) is 0.570. The number of benzene rings is 1. The number of ether oxygens (including phenoxy) is 2. The van der Waals surface area contributed by atoms with E-state index in [-0.39, 0.29) is 18.3 Å². The molecule has 0 amide bonds. The molecule has 1 aliphatic carbocycles. The van der Waals surface area contributed by atoms with Crippen molar-refractivity contribution in [3.8, 4) is 0 Å². The summed E-state index contributed by atoms with van der Waals surface area (Å²) in [4.78, 5) is 12.4. The molecular formula is C20H28O7. The van der Waals surface area contributed by atoms with Crippen molar-refractivity contribution >= 4 is 5.78 Å². The molecule has 7 nitrogen and oxygen atoms in total. The molecule has 1 heterocycles. The maximum absolute atomic E-state index is 12.4. The van der Waals surface area contributed by atoms with Crippen LogP contribution in [0.15, 0.2) is 6.07 Å². The third-order valence-corrected chi connectivity index (χ3v) is 5.72. The number of Topliss-reactive ketones (excluding diaryl/α,β-unsaturated/α-hetero) is 1. The third-order valence-electron chi connectivity index (χ3n) is 5.72. The first-order chi connectivity index (χ1) is 12.8. The molecule has 0 spiro atoms. The summed E-state index contributed by atoms with van der Waals surface area (Å²) in [6.45, 7) is 5.61. The van der Waals surface area contributed by atoms with Gasteiger partial charge in [-0.3, -0.25) is 4.79 Å². The van der Waals surface area contributed by atoms with E-state index in [1.807, 2.05) is 20.8 Å². The van der Waals surface area contributed by atoms with E-state index < -0.39 is 37.3 Å². The van der Waals surface area contributed by atoms with Crippen molar-refractivity contribution < 1.29 is 34.7 Å². The Hall–Kier alpha value is -1.35. The minimum Gasteiger partial charge on any atom is -0.394 e. The van der Waals surface area contributed by atoms with Crippen molar-refractivity contribution in [3.05, 3.63) is 33.9 Å². The third kappa shape index (κ3) is 3.68. The highest BCUT2D eigenvalue weighted by Crippen LogP contribution is 2.33. The maximum Gasteiger partial charge on any atom is 0.186 e. The minimum absolute atomic E-state index is 0.0127. The average molecular weight is 380 g/mol. The van der Waals surface area contributed by atoms with Gasteiger partial charge in [0.1, 0.15) is 24.4 Å². The van der Waals surface area contributed by atoms with E-state index in [0.29, 0.717) is 6.42 Å². The standard InChI is InChI=1S/C20H28O7/c1-9-6-12-7-10(2)16(22)15(12)11(3)13(9)4-5-26-20-19(25)18(24)17(23)14(8-21)27-20/h6,10,14,17-21,23-25H,4-5,7-8H2,1-3H3/t10-,14?,17-,18+,19?,20-/m1/s1. The maximum atomic E-state index is 12.4. The molecule has 1 aliphatic heterocycles. The molecule has 0 bridgehead atoms. The fourth-order valence-corrected chi connectivity index (χ4v) is 4.15. The summed E-state index contributed by atoms with van der Waals surface area (Å²) in [5, 5.41) is 38.9. The molecule has 0 aromatic heterocycles. The van der Waals surface area contributed by atoms with Crippen LogP contribution in [0.25, 0.3) is 0 Å². The van der Waals surface area contributed by atoms with Gasteiger partial charge in [-0.25, -0.2) is 0 Å². The Balaban J connectivity index is 1.69. The molecule has 4 N–H and O–H groups in total. The van der Waals surface area contributed by atoms with Crippen LogP contribution in [-0.2, 0) is 22.3 Å². The highest BCUT2D eigenvalue weighted by molar-refractivity contribution is 6.03. The number of hydrogen-bond acceptors (Lipinski definition) is 7. The highest BCUT2D eigenvalue weighted by Gasteiger charge is 2.44. The Morgan fingerprint density at radius 2 is 1.89 bits per heavy atom. The van der Waals surface area contributed by atoms with Gasteiger partial charge in [-0.2, -0.15) is 0 Å². The zero-order chi connectivity index (χ0) is 19.9. The molecule has 1 aromatic carbocycles. The Labute approximate surface area is 158 Å². The smallest absolute Gasteiger partial charge is 0.186 e. The van der Waals surface area contributed by atoms with Crippen molar-refractivity contribution in [3.63, 3.8) is 0 Å². The minimum atomic E-state index is -1.46. The molecule has 150 valence electrons. The molecule has 1 aromatic rings. The van der Waals surface area contributed by atoms with Gasteiger partial charge in [0.25, 0.3) is 0 Å². The summed E-state index contributed by atoms with van der Waals surface area (Å²) >= 11 is 0. The number of hydrogen-bond donors (Lipinski definition) is 4. The second-order valence-corrected chi connectivity index (χ2v) is 7.62. The predicted molar refractivity (Wildman–Crippen MR) is 96.5 cm³/mol. The lowest BCUT2D eigenvalue weighted by atomic mass is 9.92. The van der Waals surface area contributed by atoms with Crippen LogP contribution < -0.4 is 0 Å². The van der Waals surface area contributed by atoms with E-state index in [9.17, 15) is 25.2 Å². The topological polar surface area (TPSA) is 116 Å². The van der Waals surface area contributed by atoms with E-state index in [2.05, 4.69) is 6.07 Å². The number of fused-ring (bicyclic) bond motifs is 1. The first-order valence-corrected chi connectivity index (χ1v) is 9.34. The van der Waals surface area contributed by atoms with E-state index in [0.717, 1.165) is 34.2 Å². The first-order valence-electron chi connectivity index (χ1n) is 9.34. The fraction of sp³-hybridized carbons (Fsp3) is 0.650. The van der Waals surface area contributed by atoms with E-state index in [1.54, 1.807) is 0 Å². The van der Waals surface area contributed by atoms with Crippen LogP contribution in [0, 0.1) is 19.8 Å². The molecule has 0 saturated carbocycles. The summed E-state index contributed by atoms with van der Waals surface area (Å²) in [5.74, 6) is 0.192. The van der Waals surface area contributed by atoms with Gasteiger partial charge in [0.15, 0.2) is 12.1 Å². The average Bonchev–Trinajstić information content (AvgIpc) is 2.91. The van der Waals surface area contributed by atoms with Gasteiger partial charge >= 0.3 is 0 Å². The normalized spacial score (nSPS) is 33.4. The monoisotopic (exact) mass is 380 g/mol. The Morgan fingerprint density at radius 1 is 1.19 bits per heavy atom. The van der Waals surface area contributed by atoms with Gasteiger partial charge in [-0.15, -0.1) is 0 Å². The van der Waals surface area contributed by atoms with E-state index in [1.165, 1.54) is 0 Å². The Kier molecular flexibility index (Phi) is 6.00. The fourth-order valence-electron chi connectivity index (χ4n) is 4.15. The predicted octanol–water partition coefficient (Wildman–Crippen LogP) is 0.0373. The molecule has 3 rings (SSSR count). The van der Waals surface area contributed by atoms with Crippen LogP contribution in [-0.4, -0.2) is 70.1 Å². The van der Waals surface area contributed by atoms with Crippen molar-refractivity contribution in [1.82, 2.24) is 0 Å². The van der Waals surface area contributed by atoms with Crippen LogP contribution in [0.1, 0.15) is 39.5 Å². The summed E-state index contributed by atoms with van der Waals surface area (Å²) < 4.78 is 10.9. The molecule has 2 unspecified atom stereocenters. The number of aliphatic hydroxyl groups excluding tert-OH is 4. The van der Waals surface area contributed by atoms with Gasteiger partial charge < -0.3 is 29.9 Å². The molecular weight excluding hydrogens is 352 g/mol. The lowest BCUT2D eigenvalue weighted by molar-refractivity contribution is -0.300. The van der Waals surface area contributed by atoms with Gasteiger partial charge in [0.2, 0.25) is 0 Å². The summed E-state index contributed by atoms with van der Waals surface area (Å²) in [7, 11) is 0. The van der Waals surface area contributed by atoms with Gasteiger partial charge in [-0.1, -0.05) is 13.0 Å². The zero-order valence-electron chi connectivity index (χ0n) is 15.9. The van der Waals surface area contributed by atoms with E-state index in [4.69, 9.17) is 9.47 Å². The zero-order valence-corrected chi connectivity index (χ0v) is 15.9. The molecule has 1 fully saturated rings. The lowest BCUT2D eigenvalue weighted by Crippen LogP contribution is -2.59. The summed E-state index contributed by atoms with van der Waals surface area (Å²) in [6, 6.07) is 2.06. The summed E-state index contributed by atoms with van der Waals surface area (Å²) in [5.41, 5.74) is 5.00. The van der Waals surface area contributed by atoms with Crippen molar-refractivity contribution in [2.75, 3.05) is 13.2 Å². The number of carbonyl (C=O) groups is 1. The second-order valence-electron chi connectivity index (χ2n) is 7.62. The number of carbonyl (C=O) groups excluding carboxylic acids is 1. The number of aliphatic hydroxyl groups is 4. The van der Waals surface area contributed by atoms with Crippen molar-refractivity contribution in [2.24, 2.45) is 5.92 Å². The Bertz CT molecular complexity index is 715. The van der Waals surface area contributed by atoms with Crippen LogP contribution in [0.4, 0.5) is 0 Å². The van der Waals surface area contributed by atoms with Crippen LogP contribution in [0.2, 0.25) is 0 Å². The molecule has 0 radical (unpaired) electrons. The first kappa shape index (κ1) is 20.4. The molecule has 6 atom stereocenters. The largest absolute Gasteiger partial charge is 0.394 e. The highest BCUT2D eigenvalue weighted by atomic mass is 16.7. The Morgan fingerprint density at radius 3 is 2.56 bits per heavy atom. The van der Waals surface area contributed by atoms with Crippen molar-refractivity contribution in [2.45, 2.75) is 64.3 Å². The molecule has 27 heavy (non-hydrogen) atoms. The second kappa shape index (κ2) is 7.95. The van der Waals surface area contributed by atoms with Crippen LogP contribution in [0.3, 0.4) is 0 Å². The summed E-state index contributed by atoms with van der Waals surface area (Å²) in [6.07, 6.45) is -5.11. The van der Waals surface area contributed by atoms with Crippen LogP contribution >= 0.6 is 0 Å². The molecule has 7 heteroatoms. The molecule has 2 aliphatic rings. The molecule has 1 saturated heterocycles. The van der Waals surface area contributed by atoms with Gasteiger partial charge in [0.05, 0.1) is 13.2 Å². The number of aryl methyl sites for hydroxylation is 1. The number of rotatable bonds is 5.